The molecule has 0 aromatic carbocycles. The first-order chi connectivity index (χ1) is 8.81. The van der Waals surface area contributed by atoms with Crippen LogP contribution in [0.1, 0.15) is 65.2 Å². The van der Waals surface area contributed by atoms with Crippen LogP contribution < -0.4 is 0 Å². The zero-order valence-electron chi connectivity index (χ0n) is 12.0. The Hall–Kier alpha value is -1.05. The number of ether oxygens (including phenoxy) is 1. The topological polar surface area (TPSA) is 26.3 Å². The van der Waals surface area contributed by atoms with E-state index in [2.05, 4.69) is 6.92 Å². The third-order valence-electron chi connectivity index (χ3n) is 2.76. The van der Waals surface area contributed by atoms with Gasteiger partial charge in [0.2, 0.25) is 0 Å². The van der Waals surface area contributed by atoms with Crippen molar-refractivity contribution >= 4 is 5.97 Å². The molecular formula is C16H28O2. The van der Waals surface area contributed by atoms with Crippen molar-refractivity contribution in [2.75, 3.05) is 6.61 Å². The Morgan fingerprint density at radius 3 is 2.33 bits per heavy atom. The van der Waals surface area contributed by atoms with Crippen molar-refractivity contribution in [1.82, 2.24) is 0 Å². The molecular weight excluding hydrogens is 224 g/mol. The number of allylic oxidation sites excluding steroid dienone is 3. The number of hydrogen-bond acceptors (Lipinski definition) is 2. The molecule has 2 heteroatoms. The maximum absolute atomic E-state index is 11.3. The van der Waals surface area contributed by atoms with Gasteiger partial charge in [0.25, 0.3) is 0 Å². The lowest BCUT2D eigenvalue weighted by Crippen LogP contribution is -2.03. The predicted octanol–water partition coefficient (Wildman–Crippen LogP) is 4.80. The third-order valence-corrected chi connectivity index (χ3v) is 2.76. The number of carbonyl (C=O) groups excluding carboxylic acids is 1. The van der Waals surface area contributed by atoms with Gasteiger partial charge >= 0.3 is 5.97 Å². The minimum Gasteiger partial charge on any atom is -0.461 e. The van der Waals surface area contributed by atoms with Crippen molar-refractivity contribution in [2.45, 2.75) is 65.2 Å². The monoisotopic (exact) mass is 252 g/mol. The first kappa shape index (κ1) is 16.9. The largest absolute Gasteiger partial charge is 0.461 e. The molecule has 0 saturated heterocycles. The molecule has 0 N–H and O–H groups in total. The Labute approximate surface area is 112 Å². The average molecular weight is 252 g/mol. The smallest absolute Gasteiger partial charge is 0.306 e. The van der Waals surface area contributed by atoms with Gasteiger partial charge in [0.15, 0.2) is 0 Å². The Balaban J connectivity index is 3.26. The Bertz CT molecular complexity index is 241. The van der Waals surface area contributed by atoms with Gasteiger partial charge in [-0.15, -0.1) is 0 Å². The van der Waals surface area contributed by atoms with Gasteiger partial charge in [-0.2, -0.15) is 0 Å². The van der Waals surface area contributed by atoms with E-state index in [1.54, 1.807) is 0 Å². The van der Waals surface area contributed by atoms with Gasteiger partial charge < -0.3 is 4.74 Å². The SMILES string of the molecule is C/C=C\C=C/COC(=O)CCCCCCCCC. The van der Waals surface area contributed by atoms with Crippen molar-refractivity contribution in [2.24, 2.45) is 0 Å². The van der Waals surface area contributed by atoms with Crippen LogP contribution in [-0.4, -0.2) is 12.6 Å². The van der Waals surface area contributed by atoms with Crippen molar-refractivity contribution in [3.8, 4) is 0 Å². The molecule has 0 saturated carbocycles. The second kappa shape index (κ2) is 14.0. The van der Waals surface area contributed by atoms with E-state index < -0.39 is 0 Å². The van der Waals surface area contributed by atoms with Crippen LogP contribution in [0.2, 0.25) is 0 Å². The lowest BCUT2D eigenvalue weighted by Gasteiger charge is -2.02. The van der Waals surface area contributed by atoms with Crippen molar-refractivity contribution in [3.63, 3.8) is 0 Å². The maximum atomic E-state index is 11.3. The van der Waals surface area contributed by atoms with Gasteiger partial charge in [-0.1, -0.05) is 63.7 Å². The summed E-state index contributed by atoms with van der Waals surface area (Å²) in [6, 6.07) is 0. The molecule has 0 heterocycles. The minimum atomic E-state index is -0.0753. The molecule has 0 aliphatic carbocycles. The van der Waals surface area contributed by atoms with Crippen LogP contribution in [0.4, 0.5) is 0 Å². The molecule has 104 valence electrons. The standard InChI is InChI=1S/C16H28O2/c1-3-5-7-9-10-11-12-14-16(17)18-15-13-8-6-4-2/h4,6,8,13H,3,5,7,9-12,14-15H2,1-2H3/b6-4-,13-8-. The highest BCUT2D eigenvalue weighted by molar-refractivity contribution is 5.69. The molecule has 0 amide bonds. The van der Waals surface area contributed by atoms with E-state index >= 15 is 0 Å². The zero-order chi connectivity index (χ0) is 13.5. The van der Waals surface area contributed by atoms with E-state index in [9.17, 15) is 4.79 Å². The summed E-state index contributed by atoms with van der Waals surface area (Å²) in [5.74, 6) is -0.0753. The van der Waals surface area contributed by atoms with Gasteiger partial charge in [0.05, 0.1) is 0 Å². The van der Waals surface area contributed by atoms with E-state index in [1.807, 2.05) is 31.2 Å². The second-order valence-electron chi connectivity index (χ2n) is 4.51. The van der Waals surface area contributed by atoms with Gasteiger partial charge in [-0.05, 0) is 19.4 Å². The maximum Gasteiger partial charge on any atom is 0.306 e. The summed E-state index contributed by atoms with van der Waals surface area (Å²) in [5, 5.41) is 0. The van der Waals surface area contributed by atoms with Crippen LogP contribution in [0.3, 0.4) is 0 Å². The number of unbranched alkanes of at least 4 members (excludes halogenated alkanes) is 6. The Morgan fingerprint density at radius 1 is 1.00 bits per heavy atom. The number of esters is 1. The van der Waals surface area contributed by atoms with Crippen LogP contribution in [0.15, 0.2) is 24.3 Å². The molecule has 0 aromatic heterocycles. The fourth-order valence-electron chi connectivity index (χ4n) is 1.68. The highest BCUT2D eigenvalue weighted by atomic mass is 16.5. The van der Waals surface area contributed by atoms with Crippen LogP contribution in [0, 0.1) is 0 Å². The number of rotatable bonds is 11. The molecule has 0 fully saturated rings. The van der Waals surface area contributed by atoms with Crippen molar-refractivity contribution in [3.05, 3.63) is 24.3 Å². The summed E-state index contributed by atoms with van der Waals surface area (Å²) < 4.78 is 5.07. The molecule has 0 aliphatic heterocycles. The molecule has 0 atom stereocenters. The molecule has 0 rings (SSSR count). The van der Waals surface area contributed by atoms with Crippen molar-refractivity contribution < 1.29 is 9.53 Å². The van der Waals surface area contributed by atoms with E-state index in [0.29, 0.717) is 13.0 Å². The van der Waals surface area contributed by atoms with Crippen LogP contribution in [0.25, 0.3) is 0 Å². The van der Waals surface area contributed by atoms with E-state index in [-0.39, 0.29) is 5.97 Å². The van der Waals surface area contributed by atoms with E-state index in [1.165, 1.54) is 32.1 Å². The van der Waals surface area contributed by atoms with Gasteiger partial charge in [-0.25, -0.2) is 0 Å². The molecule has 0 bridgehead atoms. The Kier molecular flexibility index (Phi) is 13.2. The van der Waals surface area contributed by atoms with E-state index in [0.717, 1.165) is 12.8 Å². The highest BCUT2D eigenvalue weighted by Gasteiger charge is 2.00. The molecule has 0 unspecified atom stereocenters. The first-order valence-electron chi connectivity index (χ1n) is 7.24. The van der Waals surface area contributed by atoms with Gasteiger partial charge in [0.1, 0.15) is 6.61 Å². The fourth-order valence-corrected chi connectivity index (χ4v) is 1.68. The lowest BCUT2D eigenvalue weighted by atomic mass is 10.1. The molecule has 0 aliphatic rings. The predicted molar refractivity (Wildman–Crippen MR) is 77.5 cm³/mol. The molecule has 0 radical (unpaired) electrons. The van der Waals surface area contributed by atoms with Crippen molar-refractivity contribution in [1.29, 1.82) is 0 Å². The summed E-state index contributed by atoms with van der Waals surface area (Å²) in [4.78, 5) is 11.3. The number of carbonyl (C=O) groups is 1. The normalized spacial score (nSPS) is 11.4. The molecule has 0 aromatic rings. The second-order valence-corrected chi connectivity index (χ2v) is 4.51. The lowest BCUT2D eigenvalue weighted by molar-refractivity contribution is -0.142. The zero-order valence-corrected chi connectivity index (χ0v) is 12.0. The quantitative estimate of drug-likeness (QED) is 0.300. The van der Waals surface area contributed by atoms with Gasteiger partial charge in [0, 0.05) is 6.42 Å². The summed E-state index contributed by atoms with van der Waals surface area (Å²) in [6.45, 7) is 4.57. The third kappa shape index (κ3) is 13.0. The Morgan fingerprint density at radius 2 is 1.67 bits per heavy atom. The fraction of sp³-hybridized carbons (Fsp3) is 0.688. The van der Waals surface area contributed by atoms with Crippen LogP contribution in [0.5, 0.6) is 0 Å². The summed E-state index contributed by atoms with van der Waals surface area (Å²) >= 11 is 0. The first-order valence-corrected chi connectivity index (χ1v) is 7.24. The molecule has 0 spiro atoms. The highest BCUT2D eigenvalue weighted by Crippen LogP contribution is 2.08. The summed E-state index contributed by atoms with van der Waals surface area (Å²) in [6.07, 6.45) is 16.8. The molecule has 2 nitrogen and oxygen atoms in total. The summed E-state index contributed by atoms with van der Waals surface area (Å²) in [5.41, 5.74) is 0. The molecule has 18 heavy (non-hydrogen) atoms. The van der Waals surface area contributed by atoms with Crippen LogP contribution in [-0.2, 0) is 9.53 Å². The van der Waals surface area contributed by atoms with Gasteiger partial charge in [-0.3, -0.25) is 4.79 Å². The number of hydrogen-bond donors (Lipinski definition) is 0. The average Bonchev–Trinajstić information content (AvgIpc) is 2.37. The van der Waals surface area contributed by atoms with Crippen LogP contribution >= 0.6 is 0 Å². The minimum absolute atomic E-state index is 0.0753. The summed E-state index contributed by atoms with van der Waals surface area (Å²) in [7, 11) is 0. The van der Waals surface area contributed by atoms with E-state index in [4.69, 9.17) is 4.74 Å².